The third-order valence-electron chi connectivity index (χ3n) is 9.96. The number of anilines is 2. The Hall–Kier alpha value is -3.29. The molecule has 0 aliphatic heterocycles. The maximum atomic E-state index is 12.9. The van der Waals surface area contributed by atoms with Crippen molar-refractivity contribution in [1.82, 2.24) is 19.9 Å². The zero-order valence-corrected chi connectivity index (χ0v) is 31.6. The molecule has 50 heavy (non-hydrogen) atoms. The number of aromatic nitrogens is 4. The van der Waals surface area contributed by atoms with Crippen molar-refractivity contribution in [2.24, 2.45) is 23.7 Å². The van der Waals surface area contributed by atoms with Gasteiger partial charge < -0.3 is 15.7 Å². The van der Waals surface area contributed by atoms with E-state index in [2.05, 4.69) is 58.3 Å². The average Bonchev–Trinajstić information content (AvgIpc) is 3.89. The van der Waals surface area contributed by atoms with Gasteiger partial charge in [-0.05, 0) is 61.5 Å². The van der Waals surface area contributed by atoms with Crippen molar-refractivity contribution in [3.63, 3.8) is 0 Å². The molecule has 3 N–H and O–H groups in total. The summed E-state index contributed by atoms with van der Waals surface area (Å²) in [5.74, 6) is 3.47. The molecule has 0 radical (unpaired) electrons. The molecule has 10 nitrogen and oxygen atoms in total. The van der Waals surface area contributed by atoms with E-state index in [4.69, 9.17) is 23.2 Å². The summed E-state index contributed by atoms with van der Waals surface area (Å²) in [6, 6.07) is 3.78. The van der Waals surface area contributed by atoms with Gasteiger partial charge in [0.15, 0.2) is 6.29 Å². The van der Waals surface area contributed by atoms with Gasteiger partial charge in [-0.25, -0.2) is 19.9 Å². The first-order chi connectivity index (χ1) is 24.1. The summed E-state index contributed by atoms with van der Waals surface area (Å²) in [5, 5.41) is 16.1. The Bertz CT molecular complexity index is 1820. The molecule has 14 heteroatoms. The Morgan fingerprint density at radius 2 is 1.30 bits per heavy atom. The SMILES string of the molecule is CC[C@H]1C[C@@H](Nc2ncncc2C(=O)c2cc(C=O)c(Cl)s2)C[C@@H]1C.CC[C@H]1C[C@@H](Nc2ncncc2C(=O)c2cc(CO)c(Cl)s2)C[C@@H]1C. The summed E-state index contributed by atoms with van der Waals surface area (Å²) in [6.07, 6.45) is 13.3. The number of carbonyl (C=O) groups is 3. The predicted octanol–water partition coefficient (Wildman–Crippen LogP) is 8.62. The highest BCUT2D eigenvalue weighted by atomic mass is 35.5. The van der Waals surface area contributed by atoms with Crippen LogP contribution in [0.4, 0.5) is 11.6 Å². The highest BCUT2D eigenvalue weighted by Crippen LogP contribution is 2.38. The van der Waals surface area contributed by atoms with E-state index >= 15 is 0 Å². The molecule has 0 amide bonds. The average molecular weight is 758 g/mol. The highest BCUT2D eigenvalue weighted by Gasteiger charge is 2.32. The normalized spacial score (nSPS) is 22.9. The Kier molecular flexibility index (Phi) is 13.1. The van der Waals surface area contributed by atoms with Gasteiger partial charge in [0.25, 0.3) is 0 Å². The molecule has 6 rings (SSSR count). The fraction of sp³-hybridized carbons (Fsp3) is 0.472. The molecule has 266 valence electrons. The third kappa shape index (κ3) is 8.77. The van der Waals surface area contributed by atoms with Crippen molar-refractivity contribution < 1.29 is 19.5 Å². The molecule has 2 fully saturated rings. The van der Waals surface area contributed by atoms with Crippen LogP contribution < -0.4 is 10.6 Å². The lowest BCUT2D eigenvalue weighted by Crippen LogP contribution is -2.19. The first-order valence-corrected chi connectivity index (χ1v) is 19.3. The first-order valence-electron chi connectivity index (χ1n) is 16.9. The minimum absolute atomic E-state index is 0.173. The molecule has 6 atom stereocenters. The lowest BCUT2D eigenvalue weighted by atomic mass is 9.96. The van der Waals surface area contributed by atoms with E-state index < -0.39 is 0 Å². The van der Waals surface area contributed by atoms with Crippen LogP contribution in [0.5, 0.6) is 0 Å². The van der Waals surface area contributed by atoms with Crippen molar-refractivity contribution >= 4 is 75.4 Å². The second kappa shape index (κ2) is 17.3. The van der Waals surface area contributed by atoms with E-state index in [1.54, 1.807) is 12.3 Å². The van der Waals surface area contributed by atoms with E-state index in [0.717, 1.165) is 43.4 Å². The first kappa shape index (κ1) is 38.0. The Morgan fingerprint density at radius 3 is 1.70 bits per heavy atom. The molecule has 2 aliphatic carbocycles. The van der Waals surface area contributed by atoms with Gasteiger partial charge in [0.1, 0.15) is 28.6 Å². The summed E-state index contributed by atoms with van der Waals surface area (Å²) in [7, 11) is 0. The fourth-order valence-corrected chi connectivity index (χ4v) is 9.49. The second-order valence-corrected chi connectivity index (χ2v) is 16.5. The number of ketones is 2. The molecule has 0 aromatic carbocycles. The smallest absolute Gasteiger partial charge is 0.208 e. The van der Waals surface area contributed by atoms with Crippen molar-refractivity contribution in [2.45, 2.75) is 84.9 Å². The van der Waals surface area contributed by atoms with Gasteiger partial charge in [-0.1, -0.05) is 63.7 Å². The van der Waals surface area contributed by atoms with Crippen LogP contribution >= 0.6 is 45.9 Å². The summed E-state index contributed by atoms with van der Waals surface area (Å²) in [4.78, 5) is 54.1. The van der Waals surface area contributed by atoms with Gasteiger partial charge in [-0.2, -0.15) is 0 Å². The molecule has 0 unspecified atom stereocenters. The van der Waals surface area contributed by atoms with Crippen LogP contribution in [0.2, 0.25) is 8.67 Å². The Labute approximate surface area is 310 Å². The number of hydrogen-bond acceptors (Lipinski definition) is 12. The molecule has 0 bridgehead atoms. The number of nitrogens with one attached hydrogen (secondary N) is 2. The molecule has 0 saturated heterocycles. The summed E-state index contributed by atoms with van der Waals surface area (Å²) in [5.41, 5.74) is 1.75. The predicted molar refractivity (Wildman–Crippen MR) is 200 cm³/mol. The molecule has 0 spiro atoms. The molecule has 4 heterocycles. The summed E-state index contributed by atoms with van der Waals surface area (Å²) in [6.45, 7) is 8.82. The summed E-state index contributed by atoms with van der Waals surface area (Å²) >= 11 is 14.3. The van der Waals surface area contributed by atoms with Crippen molar-refractivity contribution in [3.8, 4) is 0 Å². The van der Waals surface area contributed by atoms with Crippen molar-refractivity contribution in [1.29, 1.82) is 0 Å². The van der Waals surface area contributed by atoms with E-state index in [1.165, 1.54) is 42.7 Å². The third-order valence-corrected chi connectivity index (χ3v) is 12.8. The van der Waals surface area contributed by atoms with E-state index in [9.17, 15) is 19.5 Å². The van der Waals surface area contributed by atoms with Crippen LogP contribution in [0.15, 0.2) is 37.2 Å². The van der Waals surface area contributed by atoms with Crippen molar-refractivity contribution in [2.75, 3.05) is 10.6 Å². The van der Waals surface area contributed by atoms with Crippen molar-refractivity contribution in [3.05, 3.63) is 77.9 Å². The van der Waals surface area contributed by atoms with Gasteiger partial charge in [0, 0.05) is 35.6 Å². The van der Waals surface area contributed by atoms with Crippen LogP contribution in [0, 0.1) is 23.7 Å². The van der Waals surface area contributed by atoms with Crippen LogP contribution in [0.1, 0.15) is 113 Å². The number of thiophene rings is 2. The standard InChI is InChI=1S/C18H22ClN3O2S.C18H20ClN3O2S/c2*1-3-11-5-13(4-10(11)2)22-18-14(7-20-9-21-18)16(24)15-6-12(8-23)17(19)25-15/h6-7,9-11,13,23H,3-5,8H2,1-2H3,(H,20,21,22);6-11,13H,3-5H2,1-2H3,(H,20,21,22)/t2*10-,11-,13-/m00/s1. The number of rotatable bonds is 12. The highest BCUT2D eigenvalue weighted by molar-refractivity contribution is 7.18. The number of halogens is 2. The van der Waals surface area contributed by atoms with E-state index in [-0.39, 0.29) is 18.2 Å². The molecule has 4 aromatic rings. The van der Waals surface area contributed by atoms with E-state index in [1.807, 2.05) is 0 Å². The number of aliphatic hydroxyl groups is 1. The van der Waals surface area contributed by atoms with Crippen LogP contribution in [-0.2, 0) is 6.61 Å². The lowest BCUT2D eigenvalue weighted by molar-refractivity contribution is 0.103. The second-order valence-electron chi connectivity index (χ2n) is 13.2. The minimum Gasteiger partial charge on any atom is -0.392 e. The van der Waals surface area contributed by atoms with E-state index in [0.29, 0.717) is 94.4 Å². The molecule has 4 aromatic heterocycles. The summed E-state index contributed by atoms with van der Waals surface area (Å²) < 4.78 is 0.757. The van der Waals surface area contributed by atoms with Gasteiger partial charge in [0.05, 0.1) is 31.8 Å². The maximum Gasteiger partial charge on any atom is 0.208 e. The van der Waals surface area contributed by atoms with Gasteiger partial charge >= 0.3 is 0 Å². The van der Waals surface area contributed by atoms with Crippen LogP contribution in [-0.4, -0.2) is 55.0 Å². The number of carbonyl (C=O) groups excluding carboxylic acids is 3. The molecule has 2 saturated carbocycles. The van der Waals surface area contributed by atoms with Crippen LogP contribution in [0.3, 0.4) is 0 Å². The molecular weight excluding hydrogens is 715 g/mol. The van der Waals surface area contributed by atoms with Gasteiger partial charge in [-0.15, -0.1) is 22.7 Å². The van der Waals surface area contributed by atoms with Gasteiger partial charge in [0.2, 0.25) is 11.6 Å². The monoisotopic (exact) mass is 756 g/mol. The number of hydrogen-bond donors (Lipinski definition) is 3. The number of nitrogens with zero attached hydrogens (tertiary/aromatic N) is 4. The van der Waals surface area contributed by atoms with Gasteiger partial charge in [-0.3, -0.25) is 14.4 Å². The molecule has 2 aliphatic rings. The maximum absolute atomic E-state index is 12.9. The zero-order valence-electron chi connectivity index (χ0n) is 28.5. The quantitative estimate of drug-likeness (QED) is 0.0948. The largest absolute Gasteiger partial charge is 0.392 e. The zero-order chi connectivity index (χ0) is 35.9. The fourth-order valence-electron chi connectivity index (χ4n) is 7.12. The Morgan fingerprint density at radius 1 is 0.820 bits per heavy atom. The number of aldehydes is 1. The molecular formula is C36H42Cl2N6O4S2. The topological polar surface area (TPSA) is 147 Å². The van der Waals surface area contributed by atoms with Crippen LogP contribution in [0.25, 0.3) is 0 Å². The number of aliphatic hydroxyl groups excluding tert-OH is 1. The minimum atomic E-state index is -0.221. The lowest BCUT2D eigenvalue weighted by Gasteiger charge is -2.15. The Balaban J connectivity index is 0.000000194.